The molecule has 0 fully saturated rings. The van der Waals surface area contributed by atoms with Crippen molar-refractivity contribution in [1.29, 1.82) is 0 Å². The van der Waals surface area contributed by atoms with Crippen LogP contribution in [0, 0.1) is 6.92 Å². The Balaban J connectivity index is 1.22. The summed E-state index contributed by atoms with van der Waals surface area (Å²) in [6, 6.07) is 70.9. The van der Waals surface area contributed by atoms with Gasteiger partial charge in [-0.15, -0.1) is 0 Å². The van der Waals surface area contributed by atoms with Crippen LogP contribution >= 0.6 is 0 Å². The second kappa shape index (κ2) is 13.3. The molecule has 53 heavy (non-hydrogen) atoms. The van der Waals surface area contributed by atoms with Crippen molar-refractivity contribution in [3.05, 3.63) is 211 Å². The molecule has 0 N–H and O–H groups in total. The second-order valence-electron chi connectivity index (χ2n) is 14.6. The minimum atomic E-state index is -0.112. The third kappa shape index (κ3) is 5.85. The molecular formula is C52H41N. The van der Waals surface area contributed by atoms with Crippen LogP contribution in [0.3, 0.4) is 0 Å². The van der Waals surface area contributed by atoms with Gasteiger partial charge in [0.15, 0.2) is 0 Å². The monoisotopic (exact) mass is 679 g/mol. The average Bonchev–Trinajstić information content (AvgIpc) is 3.45. The molecule has 0 bridgehead atoms. The van der Waals surface area contributed by atoms with Crippen molar-refractivity contribution in [3.8, 4) is 55.6 Å². The molecule has 0 amide bonds. The molecule has 0 aliphatic heterocycles. The highest BCUT2D eigenvalue weighted by Gasteiger charge is 2.36. The molecule has 0 aromatic heterocycles. The molecule has 0 saturated carbocycles. The number of rotatable bonds is 7. The molecule has 0 atom stereocenters. The quantitative estimate of drug-likeness (QED) is 0.162. The van der Waals surface area contributed by atoms with Crippen LogP contribution in [0.2, 0.25) is 0 Å². The molecule has 0 spiro atoms. The molecule has 1 aliphatic carbocycles. The molecule has 1 nitrogen and oxygen atoms in total. The summed E-state index contributed by atoms with van der Waals surface area (Å²) in [7, 11) is 0. The molecule has 8 aromatic rings. The predicted octanol–water partition coefficient (Wildman–Crippen LogP) is 14.4. The Hall–Kier alpha value is -6.44. The first-order valence-electron chi connectivity index (χ1n) is 18.5. The number of fused-ring (bicyclic) bond motifs is 3. The van der Waals surface area contributed by atoms with Crippen LogP contribution in [-0.2, 0) is 5.41 Å². The third-order valence-corrected chi connectivity index (χ3v) is 11.1. The number of benzene rings is 8. The Morgan fingerprint density at radius 1 is 0.340 bits per heavy atom. The van der Waals surface area contributed by atoms with E-state index in [4.69, 9.17) is 0 Å². The van der Waals surface area contributed by atoms with Crippen LogP contribution in [0.1, 0.15) is 30.5 Å². The van der Waals surface area contributed by atoms with Crippen LogP contribution in [0.25, 0.3) is 55.6 Å². The summed E-state index contributed by atoms with van der Waals surface area (Å²) in [6.07, 6.45) is 0. The van der Waals surface area contributed by atoms with Gasteiger partial charge in [0.2, 0.25) is 0 Å². The minimum absolute atomic E-state index is 0.112. The fourth-order valence-corrected chi connectivity index (χ4v) is 8.18. The van der Waals surface area contributed by atoms with Gasteiger partial charge in [-0.2, -0.15) is 0 Å². The Kier molecular flexibility index (Phi) is 8.13. The van der Waals surface area contributed by atoms with E-state index < -0.39 is 0 Å². The first-order valence-corrected chi connectivity index (χ1v) is 18.5. The summed E-state index contributed by atoms with van der Waals surface area (Å²) in [4.78, 5) is 2.46. The molecule has 0 heterocycles. The lowest BCUT2D eigenvalue weighted by molar-refractivity contribution is 0.660. The van der Waals surface area contributed by atoms with E-state index in [0.29, 0.717) is 0 Å². The highest BCUT2D eigenvalue weighted by Crippen LogP contribution is 2.51. The average molecular weight is 680 g/mol. The zero-order chi connectivity index (χ0) is 35.9. The van der Waals surface area contributed by atoms with Gasteiger partial charge < -0.3 is 4.90 Å². The van der Waals surface area contributed by atoms with Gasteiger partial charge in [-0.1, -0.05) is 172 Å². The summed E-state index contributed by atoms with van der Waals surface area (Å²) in [6.45, 7) is 6.93. The maximum Gasteiger partial charge on any atom is 0.0540 e. The van der Waals surface area contributed by atoms with Crippen molar-refractivity contribution in [1.82, 2.24) is 0 Å². The van der Waals surface area contributed by atoms with Gasteiger partial charge in [-0.25, -0.2) is 0 Å². The summed E-state index contributed by atoms with van der Waals surface area (Å²) < 4.78 is 0. The SMILES string of the molecule is Cc1ccccc1-c1cc(-c2ccc(-c3ccccc3)cc2)ccc1N(c1ccc(-c2ccccc2)cc1)c1ccc2c(c1)C(C)(C)c1ccccc1-2. The number of hydrogen-bond donors (Lipinski definition) is 0. The van der Waals surface area contributed by atoms with Crippen LogP contribution in [-0.4, -0.2) is 0 Å². The molecule has 9 rings (SSSR count). The van der Waals surface area contributed by atoms with Crippen LogP contribution in [0.15, 0.2) is 194 Å². The standard InChI is InChI=1S/C52H41N/c1-36-14-10-11-19-45(36)48-34-42(41-24-22-39(23-25-41)37-15-6-4-7-16-37)28-33-51(48)53(43-29-26-40(27-30-43)38-17-8-5-9-18-38)44-31-32-47-46-20-12-13-21-49(46)52(2,3)50(47)35-44/h4-35H,1-3H3. The lowest BCUT2D eigenvalue weighted by atomic mass is 9.82. The van der Waals surface area contributed by atoms with E-state index in [1.807, 2.05) is 0 Å². The van der Waals surface area contributed by atoms with Crippen LogP contribution in [0.4, 0.5) is 17.1 Å². The Labute approximate surface area is 313 Å². The van der Waals surface area contributed by atoms with Gasteiger partial charge in [0.25, 0.3) is 0 Å². The zero-order valence-electron chi connectivity index (χ0n) is 30.4. The summed E-state index contributed by atoms with van der Waals surface area (Å²) in [5.74, 6) is 0. The number of hydrogen-bond acceptors (Lipinski definition) is 1. The largest absolute Gasteiger partial charge is 0.310 e. The van der Waals surface area contributed by atoms with Gasteiger partial charge in [-0.3, -0.25) is 0 Å². The molecule has 1 heteroatoms. The van der Waals surface area contributed by atoms with Gasteiger partial charge >= 0.3 is 0 Å². The highest BCUT2D eigenvalue weighted by molar-refractivity contribution is 5.93. The normalized spacial score (nSPS) is 12.6. The summed E-state index contributed by atoms with van der Waals surface area (Å²) in [5, 5.41) is 0. The fourth-order valence-electron chi connectivity index (χ4n) is 8.18. The van der Waals surface area contributed by atoms with E-state index in [2.05, 4.69) is 220 Å². The van der Waals surface area contributed by atoms with Gasteiger partial charge in [0.05, 0.1) is 5.69 Å². The van der Waals surface area contributed by atoms with Crippen molar-refractivity contribution in [2.75, 3.05) is 4.90 Å². The van der Waals surface area contributed by atoms with Crippen molar-refractivity contribution in [2.24, 2.45) is 0 Å². The topological polar surface area (TPSA) is 3.24 Å². The smallest absolute Gasteiger partial charge is 0.0540 e. The van der Waals surface area contributed by atoms with Crippen molar-refractivity contribution in [3.63, 3.8) is 0 Å². The van der Waals surface area contributed by atoms with Crippen molar-refractivity contribution in [2.45, 2.75) is 26.2 Å². The third-order valence-electron chi connectivity index (χ3n) is 11.1. The molecular weight excluding hydrogens is 639 g/mol. The number of anilines is 3. The van der Waals surface area contributed by atoms with Gasteiger partial charge in [0.1, 0.15) is 0 Å². The fraction of sp³-hybridized carbons (Fsp3) is 0.0769. The molecule has 8 aromatic carbocycles. The van der Waals surface area contributed by atoms with Crippen molar-refractivity contribution < 1.29 is 0 Å². The maximum atomic E-state index is 2.46. The summed E-state index contributed by atoms with van der Waals surface area (Å²) >= 11 is 0. The number of aryl methyl sites for hydroxylation is 1. The van der Waals surface area contributed by atoms with E-state index in [1.165, 1.54) is 72.3 Å². The maximum absolute atomic E-state index is 2.46. The Morgan fingerprint density at radius 3 is 1.45 bits per heavy atom. The first kappa shape index (κ1) is 32.5. The Bertz CT molecular complexity index is 2560. The highest BCUT2D eigenvalue weighted by atomic mass is 15.1. The predicted molar refractivity (Wildman–Crippen MR) is 225 cm³/mol. The minimum Gasteiger partial charge on any atom is -0.310 e. The lowest BCUT2D eigenvalue weighted by Gasteiger charge is -2.30. The number of nitrogens with zero attached hydrogens (tertiary/aromatic N) is 1. The van der Waals surface area contributed by atoms with E-state index in [9.17, 15) is 0 Å². The van der Waals surface area contributed by atoms with Crippen molar-refractivity contribution >= 4 is 17.1 Å². The van der Waals surface area contributed by atoms with E-state index in [-0.39, 0.29) is 5.41 Å². The first-order chi connectivity index (χ1) is 26.0. The molecule has 254 valence electrons. The molecule has 0 unspecified atom stereocenters. The van der Waals surface area contributed by atoms with Crippen LogP contribution in [0.5, 0.6) is 0 Å². The zero-order valence-corrected chi connectivity index (χ0v) is 30.4. The van der Waals surface area contributed by atoms with E-state index in [0.717, 1.165) is 17.1 Å². The lowest BCUT2D eigenvalue weighted by Crippen LogP contribution is -2.17. The van der Waals surface area contributed by atoms with E-state index >= 15 is 0 Å². The second-order valence-corrected chi connectivity index (χ2v) is 14.6. The van der Waals surface area contributed by atoms with Gasteiger partial charge in [-0.05, 0) is 110 Å². The summed E-state index contributed by atoms with van der Waals surface area (Å²) in [5.41, 5.74) is 19.6. The van der Waals surface area contributed by atoms with Gasteiger partial charge in [0, 0.05) is 22.4 Å². The molecule has 1 aliphatic rings. The van der Waals surface area contributed by atoms with Crippen LogP contribution < -0.4 is 4.90 Å². The Morgan fingerprint density at radius 2 is 0.811 bits per heavy atom. The molecule has 0 radical (unpaired) electrons. The molecule has 0 saturated heterocycles. The van der Waals surface area contributed by atoms with E-state index in [1.54, 1.807) is 0 Å².